The molecule has 1 heterocycles. The predicted octanol–water partition coefficient (Wildman–Crippen LogP) is 2.84. The molecular formula is C9H6ClNO2S. The van der Waals surface area contributed by atoms with Crippen molar-refractivity contribution in [2.24, 2.45) is 0 Å². The molecule has 0 unspecified atom stereocenters. The highest BCUT2D eigenvalue weighted by molar-refractivity contribution is 7.17. The van der Waals surface area contributed by atoms with Crippen LogP contribution in [-0.2, 0) is 0 Å². The Bertz CT molecular complexity index is 521. The van der Waals surface area contributed by atoms with E-state index in [0.717, 1.165) is 10.1 Å². The van der Waals surface area contributed by atoms with Crippen molar-refractivity contribution < 1.29 is 9.90 Å². The van der Waals surface area contributed by atoms with Gasteiger partial charge < -0.3 is 10.8 Å². The third kappa shape index (κ3) is 1.32. The number of rotatable bonds is 1. The second-order valence-electron chi connectivity index (χ2n) is 2.82. The fraction of sp³-hybridized carbons (Fsp3) is 0. The highest BCUT2D eigenvalue weighted by Crippen LogP contribution is 2.32. The number of aromatic carboxylic acids is 1. The van der Waals surface area contributed by atoms with Crippen LogP contribution in [-0.4, -0.2) is 11.1 Å². The van der Waals surface area contributed by atoms with Crippen molar-refractivity contribution in [3.05, 3.63) is 28.1 Å². The van der Waals surface area contributed by atoms with E-state index in [0.29, 0.717) is 5.69 Å². The number of carboxylic acids is 1. The Hall–Kier alpha value is -1.26. The van der Waals surface area contributed by atoms with E-state index in [1.54, 1.807) is 17.5 Å². The molecule has 0 fully saturated rings. The number of anilines is 1. The van der Waals surface area contributed by atoms with Crippen molar-refractivity contribution in [2.75, 3.05) is 5.73 Å². The van der Waals surface area contributed by atoms with E-state index < -0.39 is 5.97 Å². The van der Waals surface area contributed by atoms with Gasteiger partial charge in [-0.2, -0.15) is 0 Å². The van der Waals surface area contributed by atoms with Crippen molar-refractivity contribution in [1.29, 1.82) is 0 Å². The molecule has 72 valence electrons. The Morgan fingerprint density at radius 3 is 2.86 bits per heavy atom. The lowest BCUT2D eigenvalue weighted by atomic mass is 10.1. The molecule has 0 bridgehead atoms. The Labute approximate surface area is 88.7 Å². The van der Waals surface area contributed by atoms with Crippen LogP contribution in [0, 0.1) is 0 Å². The van der Waals surface area contributed by atoms with Crippen molar-refractivity contribution >= 4 is 44.7 Å². The molecule has 0 amide bonds. The highest BCUT2D eigenvalue weighted by atomic mass is 35.5. The number of thiophene rings is 1. The predicted molar refractivity (Wildman–Crippen MR) is 58.2 cm³/mol. The SMILES string of the molecule is Nc1csc2cc(C(=O)O)c(Cl)cc12. The first kappa shape index (κ1) is 9.30. The van der Waals surface area contributed by atoms with E-state index in [2.05, 4.69) is 0 Å². The van der Waals surface area contributed by atoms with E-state index in [4.69, 9.17) is 22.4 Å². The topological polar surface area (TPSA) is 63.3 Å². The normalized spacial score (nSPS) is 10.6. The van der Waals surface area contributed by atoms with Crippen LogP contribution in [0.1, 0.15) is 10.4 Å². The van der Waals surface area contributed by atoms with Crippen molar-refractivity contribution in [3.8, 4) is 0 Å². The highest BCUT2D eigenvalue weighted by Gasteiger charge is 2.11. The van der Waals surface area contributed by atoms with Crippen LogP contribution in [0.25, 0.3) is 10.1 Å². The summed E-state index contributed by atoms with van der Waals surface area (Å²) in [4.78, 5) is 10.8. The molecule has 0 spiro atoms. The fourth-order valence-corrected chi connectivity index (χ4v) is 2.35. The molecule has 1 aromatic heterocycles. The van der Waals surface area contributed by atoms with E-state index >= 15 is 0 Å². The Morgan fingerprint density at radius 2 is 2.21 bits per heavy atom. The number of fused-ring (bicyclic) bond motifs is 1. The quantitative estimate of drug-likeness (QED) is 0.788. The average Bonchev–Trinajstić information content (AvgIpc) is 2.46. The second kappa shape index (κ2) is 3.15. The minimum absolute atomic E-state index is 0.112. The molecular weight excluding hydrogens is 222 g/mol. The number of nitrogen functional groups attached to an aromatic ring is 1. The third-order valence-corrected chi connectivity index (χ3v) is 3.20. The molecule has 3 nitrogen and oxygen atoms in total. The molecule has 0 atom stereocenters. The van der Waals surface area contributed by atoms with Crippen LogP contribution in [0.2, 0.25) is 5.02 Å². The number of carbonyl (C=O) groups is 1. The zero-order valence-corrected chi connectivity index (χ0v) is 8.52. The minimum Gasteiger partial charge on any atom is -0.478 e. The summed E-state index contributed by atoms with van der Waals surface area (Å²) in [5.74, 6) is -1.02. The first-order valence-electron chi connectivity index (χ1n) is 3.79. The average molecular weight is 228 g/mol. The second-order valence-corrected chi connectivity index (χ2v) is 4.14. The first-order chi connectivity index (χ1) is 6.59. The molecule has 0 saturated carbocycles. The van der Waals surface area contributed by atoms with Gasteiger partial charge in [0.25, 0.3) is 0 Å². The lowest BCUT2D eigenvalue weighted by Crippen LogP contribution is -1.96. The van der Waals surface area contributed by atoms with E-state index in [-0.39, 0.29) is 10.6 Å². The Balaban J connectivity index is 2.79. The maximum absolute atomic E-state index is 10.8. The van der Waals surface area contributed by atoms with Gasteiger partial charge in [-0.15, -0.1) is 11.3 Å². The van der Waals surface area contributed by atoms with Crippen molar-refractivity contribution in [2.45, 2.75) is 0 Å². The van der Waals surface area contributed by atoms with Crippen LogP contribution in [0.4, 0.5) is 5.69 Å². The summed E-state index contributed by atoms with van der Waals surface area (Å²) < 4.78 is 0.837. The first-order valence-corrected chi connectivity index (χ1v) is 5.05. The summed E-state index contributed by atoms with van der Waals surface area (Å²) >= 11 is 7.20. The maximum atomic E-state index is 10.8. The molecule has 0 aliphatic heterocycles. The van der Waals surface area contributed by atoms with Gasteiger partial charge in [0, 0.05) is 15.5 Å². The van der Waals surface area contributed by atoms with Crippen LogP contribution < -0.4 is 5.73 Å². The third-order valence-electron chi connectivity index (χ3n) is 1.92. The van der Waals surface area contributed by atoms with E-state index in [1.165, 1.54) is 11.3 Å². The van der Waals surface area contributed by atoms with Gasteiger partial charge in [-0.1, -0.05) is 11.6 Å². The molecule has 0 saturated heterocycles. The smallest absolute Gasteiger partial charge is 0.337 e. The standard InChI is InChI=1S/C9H6ClNO2S/c10-6-1-5-7(11)3-14-8(5)2-4(6)9(12)13/h1-3H,11H2,(H,12,13). The monoisotopic (exact) mass is 227 g/mol. The van der Waals surface area contributed by atoms with Crippen molar-refractivity contribution in [3.63, 3.8) is 0 Å². The van der Waals surface area contributed by atoms with Crippen molar-refractivity contribution in [1.82, 2.24) is 0 Å². The lowest BCUT2D eigenvalue weighted by Gasteiger charge is -1.99. The fourth-order valence-electron chi connectivity index (χ4n) is 1.23. The van der Waals surface area contributed by atoms with Gasteiger partial charge in [-0.3, -0.25) is 0 Å². The maximum Gasteiger partial charge on any atom is 0.337 e. The number of carboxylic acid groups (broad SMARTS) is 1. The molecule has 5 heteroatoms. The number of hydrogen-bond donors (Lipinski definition) is 2. The molecule has 0 radical (unpaired) electrons. The van der Waals surface area contributed by atoms with Gasteiger partial charge in [0.05, 0.1) is 16.3 Å². The number of hydrogen-bond acceptors (Lipinski definition) is 3. The summed E-state index contributed by atoms with van der Waals surface area (Å²) in [6.45, 7) is 0. The van der Waals surface area contributed by atoms with Crippen LogP contribution >= 0.6 is 22.9 Å². The zero-order valence-electron chi connectivity index (χ0n) is 6.95. The zero-order chi connectivity index (χ0) is 10.3. The van der Waals surface area contributed by atoms with E-state index in [1.807, 2.05) is 0 Å². The molecule has 14 heavy (non-hydrogen) atoms. The summed E-state index contributed by atoms with van der Waals surface area (Å²) in [6, 6.07) is 3.13. The molecule has 2 aromatic rings. The van der Waals surface area contributed by atoms with Gasteiger partial charge in [0.1, 0.15) is 0 Å². The van der Waals surface area contributed by atoms with Crippen LogP contribution in [0.5, 0.6) is 0 Å². The summed E-state index contributed by atoms with van der Waals surface area (Å²) in [6.07, 6.45) is 0. The summed E-state index contributed by atoms with van der Waals surface area (Å²) in [5.41, 5.74) is 6.42. The van der Waals surface area contributed by atoms with Gasteiger partial charge in [-0.25, -0.2) is 4.79 Å². The molecule has 2 rings (SSSR count). The Kier molecular flexibility index (Phi) is 2.09. The Morgan fingerprint density at radius 1 is 1.50 bits per heavy atom. The summed E-state index contributed by atoms with van der Waals surface area (Å²) in [7, 11) is 0. The number of nitrogens with two attached hydrogens (primary N) is 1. The molecule has 0 aliphatic rings. The van der Waals surface area contributed by atoms with Crippen LogP contribution in [0.15, 0.2) is 17.5 Å². The summed E-state index contributed by atoms with van der Waals surface area (Å²) in [5, 5.41) is 11.6. The largest absolute Gasteiger partial charge is 0.478 e. The lowest BCUT2D eigenvalue weighted by molar-refractivity contribution is 0.0697. The van der Waals surface area contributed by atoms with E-state index in [9.17, 15) is 4.79 Å². The number of halogens is 1. The molecule has 0 aliphatic carbocycles. The number of benzene rings is 1. The van der Waals surface area contributed by atoms with Gasteiger partial charge in [0.15, 0.2) is 0 Å². The van der Waals surface area contributed by atoms with Gasteiger partial charge >= 0.3 is 5.97 Å². The van der Waals surface area contributed by atoms with Crippen LogP contribution in [0.3, 0.4) is 0 Å². The molecule has 3 N–H and O–H groups in total. The van der Waals surface area contributed by atoms with Gasteiger partial charge in [-0.05, 0) is 12.1 Å². The minimum atomic E-state index is -1.02. The molecule has 1 aromatic carbocycles. The van der Waals surface area contributed by atoms with Gasteiger partial charge in [0.2, 0.25) is 0 Å².